The average molecular weight is 264 g/mol. The van der Waals surface area contributed by atoms with Gasteiger partial charge in [0.1, 0.15) is 6.61 Å². The van der Waals surface area contributed by atoms with E-state index in [-0.39, 0.29) is 0 Å². The van der Waals surface area contributed by atoms with Crippen LogP contribution in [-0.2, 0) is 4.74 Å². The first kappa shape index (κ1) is 13.1. The zero-order chi connectivity index (χ0) is 12.1. The Morgan fingerprint density at radius 3 is 3.00 bits per heavy atom. The molecule has 1 N–H and O–H groups in total. The Labute approximate surface area is 104 Å². The molecule has 2 aliphatic rings. The smallest absolute Gasteiger partial charge is 0.261 e. The van der Waals surface area contributed by atoms with Crippen molar-refractivity contribution < 1.29 is 13.5 Å². The summed E-state index contributed by atoms with van der Waals surface area (Å²) in [4.78, 5) is 4.61. The molecule has 2 unspecified atom stereocenters. The highest BCUT2D eigenvalue weighted by atomic mass is 32.2. The summed E-state index contributed by atoms with van der Waals surface area (Å²) >= 11 is 1.57. The molecule has 17 heavy (non-hydrogen) atoms. The van der Waals surface area contributed by atoms with Gasteiger partial charge >= 0.3 is 0 Å². The molecule has 1 saturated carbocycles. The number of alkyl halides is 2. The standard InChI is InChI=1S/C11H18F2N2OS/c12-10(13)7-16-5-6-17-11-14-8-3-1-2-4-9(8)15-11/h8-10H,1-7H2,(H,14,15). The number of hydrogen-bond donors (Lipinski definition) is 1. The quantitative estimate of drug-likeness (QED) is 0.773. The van der Waals surface area contributed by atoms with Crippen molar-refractivity contribution in [2.24, 2.45) is 4.99 Å². The second-order valence-corrected chi connectivity index (χ2v) is 5.43. The first-order valence-corrected chi connectivity index (χ1v) is 7.07. The lowest BCUT2D eigenvalue weighted by Gasteiger charge is -2.23. The highest BCUT2D eigenvalue weighted by Gasteiger charge is 2.30. The zero-order valence-electron chi connectivity index (χ0n) is 9.70. The van der Waals surface area contributed by atoms with Gasteiger partial charge in [-0.3, -0.25) is 4.99 Å². The van der Waals surface area contributed by atoms with Crippen LogP contribution in [0.2, 0.25) is 0 Å². The number of aliphatic imine (C=N–C) groups is 1. The predicted octanol–water partition coefficient (Wildman–Crippen LogP) is 2.27. The van der Waals surface area contributed by atoms with Crippen LogP contribution >= 0.6 is 11.8 Å². The van der Waals surface area contributed by atoms with Crippen molar-refractivity contribution in [1.82, 2.24) is 5.32 Å². The number of hydrogen-bond acceptors (Lipinski definition) is 4. The van der Waals surface area contributed by atoms with Crippen LogP contribution in [0.5, 0.6) is 0 Å². The van der Waals surface area contributed by atoms with Crippen molar-refractivity contribution in [3.8, 4) is 0 Å². The lowest BCUT2D eigenvalue weighted by Crippen LogP contribution is -2.36. The Balaban J connectivity index is 1.60. The molecule has 0 aromatic carbocycles. The fraction of sp³-hybridized carbons (Fsp3) is 0.909. The van der Waals surface area contributed by atoms with Gasteiger partial charge in [-0.25, -0.2) is 8.78 Å². The van der Waals surface area contributed by atoms with Crippen LogP contribution in [0, 0.1) is 0 Å². The Kier molecular flexibility index (Phi) is 5.03. The fourth-order valence-electron chi connectivity index (χ4n) is 2.23. The number of halogens is 2. The van der Waals surface area contributed by atoms with Crippen LogP contribution in [0.15, 0.2) is 4.99 Å². The van der Waals surface area contributed by atoms with Crippen LogP contribution < -0.4 is 5.32 Å². The van der Waals surface area contributed by atoms with Gasteiger partial charge < -0.3 is 10.1 Å². The number of rotatable bonds is 5. The first-order valence-electron chi connectivity index (χ1n) is 6.09. The molecule has 0 radical (unpaired) electrons. The van der Waals surface area contributed by atoms with Crippen LogP contribution in [0.1, 0.15) is 25.7 Å². The molecule has 0 bridgehead atoms. The molecule has 1 aliphatic carbocycles. The number of nitrogens with zero attached hydrogens (tertiary/aromatic N) is 1. The van der Waals surface area contributed by atoms with Crippen molar-refractivity contribution in [3.05, 3.63) is 0 Å². The van der Waals surface area contributed by atoms with Crippen molar-refractivity contribution in [2.75, 3.05) is 19.0 Å². The van der Waals surface area contributed by atoms with Gasteiger partial charge in [0.05, 0.1) is 18.7 Å². The number of nitrogens with one attached hydrogen (secondary N) is 1. The van der Waals surface area contributed by atoms with Gasteiger partial charge in [0.15, 0.2) is 5.17 Å². The van der Waals surface area contributed by atoms with Gasteiger partial charge in [0, 0.05) is 5.75 Å². The number of ether oxygens (including phenoxy) is 1. The van der Waals surface area contributed by atoms with Gasteiger partial charge in [0.2, 0.25) is 0 Å². The van der Waals surface area contributed by atoms with E-state index in [1.54, 1.807) is 11.8 Å². The monoisotopic (exact) mass is 264 g/mol. The van der Waals surface area contributed by atoms with Gasteiger partial charge in [-0.1, -0.05) is 24.6 Å². The molecule has 2 rings (SSSR count). The summed E-state index contributed by atoms with van der Waals surface area (Å²) in [5.74, 6) is 0.679. The topological polar surface area (TPSA) is 33.6 Å². The molecule has 98 valence electrons. The van der Waals surface area contributed by atoms with Gasteiger partial charge in [-0.05, 0) is 12.8 Å². The lowest BCUT2D eigenvalue weighted by atomic mass is 9.92. The van der Waals surface area contributed by atoms with Crippen molar-refractivity contribution in [2.45, 2.75) is 44.2 Å². The molecule has 0 saturated heterocycles. The second kappa shape index (κ2) is 6.54. The van der Waals surface area contributed by atoms with Gasteiger partial charge in [0.25, 0.3) is 6.43 Å². The number of thioether (sulfide) groups is 1. The van der Waals surface area contributed by atoms with E-state index in [1.165, 1.54) is 25.7 Å². The summed E-state index contributed by atoms with van der Waals surface area (Å²) in [7, 11) is 0. The molecule has 2 atom stereocenters. The summed E-state index contributed by atoms with van der Waals surface area (Å²) in [5.41, 5.74) is 0. The third-order valence-electron chi connectivity index (χ3n) is 3.03. The second-order valence-electron chi connectivity index (χ2n) is 4.35. The predicted molar refractivity (Wildman–Crippen MR) is 65.9 cm³/mol. The lowest BCUT2D eigenvalue weighted by molar-refractivity contribution is 0.0238. The molecular weight excluding hydrogens is 246 g/mol. The normalized spacial score (nSPS) is 27.8. The Morgan fingerprint density at radius 2 is 2.24 bits per heavy atom. The number of amidine groups is 1. The molecule has 1 heterocycles. The Hall–Kier alpha value is -0.360. The van der Waals surface area contributed by atoms with Crippen LogP contribution in [0.4, 0.5) is 8.78 Å². The largest absolute Gasteiger partial charge is 0.375 e. The Morgan fingerprint density at radius 1 is 1.41 bits per heavy atom. The summed E-state index contributed by atoms with van der Waals surface area (Å²) in [6.45, 7) is -0.114. The highest BCUT2D eigenvalue weighted by Crippen LogP contribution is 2.26. The SMILES string of the molecule is FC(F)COCCSC1=NC2CCCCC2N1. The molecule has 0 aromatic rings. The molecule has 1 aliphatic heterocycles. The molecule has 1 fully saturated rings. The van der Waals surface area contributed by atoms with E-state index in [2.05, 4.69) is 10.3 Å². The van der Waals surface area contributed by atoms with Crippen LogP contribution in [0.25, 0.3) is 0 Å². The summed E-state index contributed by atoms with van der Waals surface area (Å²) in [5, 5.41) is 4.36. The van der Waals surface area contributed by atoms with E-state index in [0.717, 1.165) is 5.17 Å². The van der Waals surface area contributed by atoms with E-state index in [4.69, 9.17) is 4.74 Å². The molecule has 0 amide bonds. The van der Waals surface area contributed by atoms with Crippen molar-refractivity contribution >= 4 is 16.9 Å². The van der Waals surface area contributed by atoms with Gasteiger partial charge in [-0.2, -0.15) is 0 Å². The molecule has 0 aromatic heterocycles. The maximum Gasteiger partial charge on any atom is 0.261 e. The van der Waals surface area contributed by atoms with E-state index in [1.807, 2.05) is 0 Å². The minimum absolute atomic E-state index is 0.352. The molecule has 3 nitrogen and oxygen atoms in total. The third-order valence-corrected chi connectivity index (χ3v) is 3.90. The van der Waals surface area contributed by atoms with Crippen molar-refractivity contribution in [3.63, 3.8) is 0 Å². The third kappa shape index (κ3) is 4.10. The average Bonchev–Trinajstić information content (AvgIpc) is 2.70. The Bertz CT molecular complexity index is 276. The van der Waals surface area contributed by atoms with E-state index in [0.29, 0.717) is 24.4 Å². The molecule has 6 heteroatoms. The van der Waals surface area contributed by atoms with Gasteiger partial charge in [-0.15, -0.1) is 0 Å². The first-order chi connectivity index (χ1) is 8.25. The van der Waals surface area contributed by atoms with E-state index < -0.39 is 13.0 Å². The summed E-state index contributed by atoms with van der Waals surface area (Å²) in [6.07, 6.45) is 2.54. The van der Waals surface area contributed by atoms with Crippen LogP contribution in [-0.4, -0.2) is 42.6 Å². The zero-order valence-corrected chi connectivity index (χ0v) is 10.5. The van der Waals surface area contributed by atoms with E-state index in [9.17, 15) is 8.78 Å². The maximum absolute atomic E-state index is 11.8. The molecular formula is C11H18F2N2OS. The summed E-state index contributed by atoms with van der Waals surface area (Å²) < 4.78 is 28.4. The number of fused-ring (bicyclic) bond motifs is 1. The summed E-state index contributed by atoms with van der Waals surface area (Å²) in [6, 6.07) is 0.946. The van der Waals surface area contributed by atoms with Crippen molar-refractivity contribution in [1.29, 1.82) is 0 Å². The van der Waals surface area contributed by atoms with Crippen LogP contribution in [0.3, 0.4) is 0 Å². The van der Waals surface area contributed by atoms with E-state index >= 15 is 0 Å². The minimum Gasteiger partial charge on any atom is -0.375 e. The molecule has 0 spiro atoms. The maximum atomic E-state index is 11.8. The fourth-order valence-corrected chi connectivity index (χ4v) is 3.07. The minimum atomic E-state index is -2.37. The highest BCUT2D eigenvalue weighted by molar-refractivity contribution is 8.13.